The van der Waals surface area contributed by atoms with Crippen LogP contribution in [-0.4, -0.2) is 34.9 Å². The van der Waals surface area contributed by atoms with E-state index >= 15 is 0 Å². The normalized spacial score (nSPS) is 25.3. The number of aliphatic hydroxyl groups is 1. The fourth-order valence-electron chi connectivity index (χ4n) is 3.40. The summed E-state index contributed by atoms with van der Waals surface area (Å²) in [6.45, 7) is 14.1. The molecule has 0 saturated carbocycles. The topological polar surface area (TPSA) is 44.3 Å². The lowest BCUT2D eigenvalue weighted by atomic mass is 9.79. The third-order valence-electron chi connectivity index (χ3n) is 3.58. The summed E-state index contributed by atoms with van der Waals surface area (Å²) in [5, 5.41) is 17.2. The zero-order valence-electron chi connectivity index (χ0n) is 13.0. The molecule has 0 aromatic rings. The van der Waals surface area contributed by atoms with Crippen LogP contribution in [0.2, 0.25) is 0 Å². The van der Waals surface area contributed by atoms with Crippen LogP contribution in [0.1, 0.15) is 60.8 Å². The molecule has 1 unspecified atom stereocenters. The molecule has 0 amide bonds. The second-order valence-electron chi connectivity index (χ2n) is 7.69. The molecule has 18 heavy (non-hydrogen) atoms. The largest absolute Gasteiger partial charge is 0.392 e. The van der Waals surface area contributed by atoms with Gasteiger partial charge in [-0.15, -0.1) is 0 Å². The highest BCUT2D eigenvalue weighted by Crippen LogP contribution is 2.28. The maximum absolute atomic E-state index is 9.93. The number of piperidine rings is 1. The Kier molecular flexibility index (Phi) is 5.22. The van der Waals surface area contributed by atoms with Crippen molar-refractivity contribution < 1.29 is 5.11 Å². The Morgan fingerprint density at radius 1 is 1.17 bits per heavy atom. The quantitative estimate of drug-likeness (QED) is 0.707. The summed E-state index contributed by atoms with van der Waals surface area (Å²) in [5.74, 6) is 0.558. The van der Waals surface area contributed by atoms with Gasteiger partial charge in [-0.3, -0.25) is 0 Å². The molecule has 1 atom stereocenters. The number of hydrogen-bond donors (Lipinski definition) is 3. The van der Waals surface area contributed by atoms with E-state index in [2.05, 4.69) is 52.2 Å². The van der Waals surface area contributed by atoms with E-state index in [1.54, 1.807) is 0 Å². The highest BCUT2D eigenvalue weighted by Gasteiger charge is 2.37. The van der Waals surface area contributed by atoms with Crippen LogP contribution in [0.25, 0.3) is 0 Å². The Morgan fingerprint density at radius 2 is 1.67 bits per heavy atom. The summed E-state index contributed by atoms with van der Waals surface area (Å²) in [6.07, 6.45) is 2.89. The van der Waals surface area contributed by atoms with Crippen molar-refractivity contribution in [3.05, 3.63) is 0 Å². The van der Waals surface area contributed by atoms with E-state index in [-0.39, 0.29) is 17.2 Å². The zero-order valence-corrected chi connectivity index (χ0v) is 13.0. The van der Waals surface area contributed by atoms with Gasteiger partial charge in [-0.1, -0.05) is 13.8 Å². The maximum atomic E-state index is 9.93. The Morgan fingerprint density at radius 3 is 2.11 bits per heavy atom. The number of hydrogen-bond acceptors (Lipinski definition) is 3. The van der Waals surface area contributed by atoms with Crippen LogP contribution in [0.15, 0.2) is 0 Å². The molecule has 0 spiro atoms. The van der Waals surface area contributed by atoms with Crippen molar-refractivity contribution in [2.45, 2.75) is 84.0 Å². The molecule has 3 heteroatoms. The summed E-state index contributed by atoms with van der Waals surface area (Å²) < 4.78 is 0. The van der Waals surface area contributed by atoms with Gasteiger partial charge in [0.2, 0.25) is 0 Å². The predicted octanol–water partition coefficient (Wildman–Crippen LogP) is 2.29. The van der Waals surface area contributed by atoms with Crippen LogP contribution in [0.5, 0.6) is 0 Å². The first-order chi connectivity index (χ1) is 8.10. The highest BCUT2D eigenvalue weighted by atomic mass is 16.3. The molecule has 1 aliphatic rings. The SMILES string of the molecule is CC(C)CC(O)CNC1CC(C)(C)NC(C)(C)C1. The Bertz CT molecular complexity index is 245. The van der Waals surface area contributed by atoms with Crippen molar-refractivity contribution in [3.8, 4) is 0 Å². The van der Waals surface area contributed by atoms with Crippen LogP contribution in [0, 0.1) is 5.92 Å². The molecule has 1 fully saturated rings. The molecule has 1 heterocycles. The summed E-state index contributed by atoms with van der Waals surface area (Å²) in [4.78, 5) is 0. The molecule has 0 aromatic carbocycles. The minimum absolute atomic E-state index is 0.169. The van der Waals surface area contributed by atoms with Crippen LogP contribution in [0.4, 0.5) is 0 Å². The molecule has 108 valence electrons. The molecular formula is C15H32N2O. The Hall–Kier alpha value is -0.120. The molecule has 0 aromatic heterocycles. The first-order valence-corrected chi connectivity index (χ1v) is 7.30. The van der Waals surface area contributed by atoms with Crippen molar-refractivity contribution in [3.63, 3.8) is 0 Å². The predicted molar refractivity (Wildman–Crippen MR) is 77.8 cm³/mol. The minimum Gasteiger partial charge on any atom is -0.392 e. The molecular weight excluding hydrogens is 224 g/mol. The van der Waals surface area contributed by atoms with E-state index in [0.717, 1.165) is 25.8 Å². The second kappa shape index (κ2) is 5.89. The average Bonchev–Trinajstić information content (AvgIpc) is 2.08. The lowest BCUT2D eigenvalue weighted by Crippen LogP contribution is -2.62. The zero-order chi connectivity index (χ0) is 14.0. The molecule has 0 radical (unpaired) electrons. The van der Waals surface area contributed by atoms with Crippen molar-refractivity contribution in [2.75, 3.05) is 6.54 Å². The molecule has 0 bridgehead atoms. The van der Waals surface area contributed by atoms with Crippen LogP contribution >= 0.6 is 0 Å². The fraction of sp³-hybridized carbons (Fsp3) is 1.00. The lowest BCUT2D eigenvalue weighted by molar-refractivity contribution is 0.113. The van der Waals surface area contributed by atoms with Crippen molar-refractivity contribution in [1.82, 2.24) is 10.6 Å². The van der Waals surface area contributed by atoms with Gasteiger partial charge in [0.25, 0.3) is 0 Å². The third kappa shape index (κ3) is 5.68. The third-order valence-corrected chi connectivity index (χ3v) is 3.58. The first-order valence-electron chi connectivity index (χ1n) is 7.30. The minimum atomic E-state index is -0.217. The highest BCUT2D eigenvalue weighted by molar-refractivity contribution is 4.99. The van der Waals surface area contributed by atoms with E-state index in [0.29, 0.717) is 12.0 Å². The average molecular weight is 256 g/mol. The van der Waals surface area contributed by atoms with E-state index in [9.17, 15) is 5.11 Å². The van der Waals surface area contributed by atoms with Gasteiger partial charge >= 0.3 is 0 Å². The monoisotopic (exact) mass is 256 g/mol. The van der Waals surface area contributed by atoms with Crippen LogP contribution in [0.3, 0.4) is 0 Å². The van der Waals surface area contributed by atoms with Gasteiger partial charge in [-0.05, 0) is 52.9 Å². The van der Waals surface area contributed by atoms with E-state index in [1.165, 1.54) is 0 Å². The molecule has 3 nitrogen and oxygen atoms in total. The van der Waals surface area contributed by atoms with Crippen molar-refractivity contribution in [2.24, 2.45) is 5.92 Å². The molecule has 1 rings (SSSR count). The molecule has 1 aliphatic heterocycles. The van der Waals surface area contributed by atoms with Gasteiger partial charge in [0.1, 0.15) is 0 Å². The van der Waals surface area contributed by atoms with Crippen LogP contribution < -0.4 is 10.6 Å². The maximum Gasteiger partial charge on any atom is 0.0667 e. The van der Waals surface area contributed by atoms with Crippen molar-refractivity contribution in [1.29, 1.82) is 0 Å². The van der Waals surface area contributed by atoms with Gasteiger partial charge < -0.3 is 15.7 Å². The summed E-state index contributed by atoms with van der Waals surface area (Å²) >= 11 is 0. The summed E-state index contributed by atoms with van der Waals surface area (Å²) in [5.41, 5.74) is 0.338. The number of nitrogens with one attached hydrogen (secondary N) is 2. The summed E-state index contributed by atoms with van der Waals surface area (Å²) in [6, 6.07) is 0.498. The number of aliphatic hydroxyl groups excluding tert-OH is 1. The first kappa shape index (κ1) is 15.9. The Labute approximate surface area is 113 Å². The Balaban J connectivity index is 2.42. The van der Waals surface area contributed by atoms with E-state index in [1.807, 2.05) is 0 Å². The fourth-order valence-corrected chi connectivity index (χ4v) is 3.40. The van der Waals surface area contributed by atoms with E-state index < -0.39 is 0 Å². The summed E-state index contributed by atoms with van der Waals surface area (Å²) in [7, 11) is 0. The second-order valence-corrected chi connectivity index (χ2v) is 7.69. The van der Waals surface area contributed by atoms with Crippen molar-refractivity contribution >= 4 is 0 Å². The van der Waals surface area contributed by atoms with Crippen LogP contribution in [-0.2, 0) is 0 Å². The molecule has 3 N–H and O–H groups in total. The lowest BCUT2D eigenvalue weighted by Gasteiger charge is -2.47. The standard InChI is InChI=1S/C15H32N2O/c1-11(2)7-13(18)10-16-12-8-14(3,4)17-15(5,6)9-12/h11-13,16-18H,7-10H2,1-6H3. The van der Waals surface area contributed by atoms with Gasteiger partial charge in [0.15, 0.2) is 0 Å². The van der Waals surface area contributed by atoms with E-state index in [4.69, 9.17) is 0 Å². The van der Waals surface area contributed by atoms with Gasteiger partial charge in [-0.25, -0.2) is 0 Å². The van der Waals surface area contributed by atoms with Gasteiger partial charge in [-0.2, -0.15) is 0 Å². The van der Waals surface area contributed by atoms with Gasteiger partial charge in [0.05, 0.1) is 6.10 Å². The van der Waals surface area contributed by atoms with Gasteiger partial charge in [0, 0.05) is 23.7 Å². The smallest absolute Gasteiger partial charge is 0.0667 e. The molecule has 0 aliphatic carbocycles. The molecule has 1 saturated heterocycles. The number of rotatable bonds is 5.